The molecular formula is C7H11ClOS. The highest BCUT2D eigenvalue weighted by Crippen LogP contribution is 2.12. The predicted octanol–water partition coefficient (Wildman–Crippen LogP) is 2.80. The molecule has 0 radical (unpaired) electrons. The fourth-order valence-corrected chi connectivity index (χ4v) is 1.35. The van der Waals surface area contributed by atoms with Crippen LogP contribution in [0.3, 0.4) is 0 Å². The van der Waals surface area contributed by atoms with E-state index in [1.165, 1.54) is 0 Å². The second kappa shape index (κ2) is 5.81. The minimum atomic E-state index is -0.330. The Labute approximate surface area is 70.8 Å². The first-order valence-corrected chi connectivity index (χ1v) is 4.65. The van der Waals surface area contributed by atoms with Crippen molar-refractivity contribution >= 4 is 28.6 Å². The van der Waals surface area contributed by atoms with Gasteiger partial charge in [0.1, 0.15) is 0 Å². The van der Waals surface area contributed by atoms with Gasteiger partial charge in [-0.3, -0.25) is 4.79 Å². The van der Waals surface area contributed by atoms with Gasteiger partial charge in [0.15, 0.2) is 0 Å². The summed E-state index contributed by atoms with van der Waals surface area (Å²) in [5.41, 5.74) is 0.702. The Morgan fingerprint density at radius 2 is 2.20 bits per heavy atom. The van der Waals surface area contributed by atoms with Crippen LogP contribution in [0.25, 0.3) is 0 Å². The van der Waals surface area contributed by atoms with Crippen LogP contribution in [-0.2, 0) is 4.79 Å². The first-order valence-electron chi connectivity index (χ1n) is 3.22. The van der Waals surface area contributed by atoms with E-state index in [0.29, 0.717) is 5.57 Å². The summed E-state index contributed by atoms with van der Waals surface area (Å²) in [5, 5.41) is 1.50. The standard InChI is InChI=1S/C7H11ClOS/c1-3-6(7(8)9)5-10-4-2/h5H,3-4H2,1-2H3. The molecule has 0 aromatic rings. The number of hydrogen-bond acceptors (Lipinski definition) is 2. The van der Waals surface area contributed by atoms with Crippen molar-refractivity contribution in [2.24, 2.45) is 0 Å². The van der Waals surface area contributed by atoms with Crippen LogP contribution in [0, 0.1) is 0 Å². The highest BCUT2D eigenvalue weighted by molar-refractivity contribution is 8.02. The highest BCUT2D eigenvalue weighted by Gasteiger charge is 2.00. The van der Waals surface area contributed by atoms with Gasteiger partial charge < -0.3 is 0 Å². The molecule has 0 saturated carbocycles. The smallest absolute Gasteiger partial charge is 0.248 e. The summed E-state index contributed by atoms with van der Waals surface area (Å²) >= 11 is 6.86. The molecule has 0 N–H and O–H groups in total. The molecular weight excluding hydrogens is 168 g/mol. The van der Waals surface area contributed by atoms with Crippen LogP contribution in [-0.4, -0.2) is 11.0 Å². The van der Waals surface area contributed by atoms with Crippen molar-refractivity contribution < 1.29 is 4.79 Å². The van der Waals surface area contributed by atoms with Gasteiger partial charge in [-0.15, -0.1) is 11.8 Å². The molecule has 0 bridgehead atoms. The number of carbonyl (C=O) groups is 1. The third-order valence-electron chi connectivity index (χ3n) is 1.03. The van der Waals surface area contributed by atoms with Gasteiger partial charge in [0.05, 0.1) is 0 Å². The molecule has 1 nitrogen and oxygen atoms in total. The van der Waals surface area contributed by atoms with E-state index in [4.69, 9.17) is 11.6 Å². The Balaban J connectivity index is 3.91. The number of hydrogen-bond donors (Lipinski definition) is 0. The molecule has 0 atom stereocenters. The molecule has 0 amide bonds. The minimum Gasteiger partial charge on any atom is -0.276 e. The third-order valence-corrected chi connectivity index (χ3v) is 2.05. The Morgan fingerprint density at radius 1 is 1.60 bits per heavy atom. The summed E-state index contributed by atoms with van der Waals surface area (Å²) in [5.74, 6) is 0.980. The molecule has 3 heteroatoms. The molecule has 0 heterocycles. The van der Waals surface area contributed by atoms with Crippen LogP contribution in [0.4, 0.5) is 0 Å². The molecule has 0 fully saturated rings. The van der Waals surface area contributed by atoms with E-state index in [0.717, 1.165) is 12.2 Å². The van der Waals surface area contributed by atoms with Crippen molar-refractivity contribution in [1.82, 2.24) is 0 Å². The zero-order valence-corrected chi connectivity index (χ0v) is 7.76. The Hall–Kier alpha value is 0.0500. The summed E-state index contributed by atoms with van der Waals surface area (Å²) in [6.45, 7) is 3.95. The van der Waals surface area contributed by atoms with E-state index in [1.807, 2.05) is 19.3 Å². The van der Waals surface area contributed by atoms with Crippen LogP contribution in [0.1, 0.15) is 20.3 Å². The molecule has 10 heavy (non-hydrogen) atoms. The fraction of sp³-hybridized carbons (Fsp3) is 0.571. The summed E-state index contributed by atoms with van der Waals surface area (Å²) < 4.78 is 0. The van der Waals surface area contributed by atoms with Crippen LogP contribution >= 0.6 is 23.4 Å². The highest BCUT2D eigenvalue weighted by atomic mass is 35.5. The maximum absolute atomic E-state index is 10.6. The van der Waals surface area contributed by atoms with Gasteiger partial charge in [-0.2, -0.15) is 0 Å². The van der Waals surface area contributed by atoms with Crippen LogP contribution in [0.5, 0.6) is 0 Å². The monoisotopic (exact) mass is 178 g/mol. The molecule has 0 aromatic carbocycles. The van der Waals surface area contributed by atoms with Gasteiger partial charge in [0, 0.05) is 5.57 Å². The molecule has 0 aliphatic rings. The van der Waals surface area contributed by atoms with Crippen LogP contribution < -0.4 is 0 Å². The maximum atomic E-state index is 10.6. The predicted molar refractivity (Wildman–Crippen MR) is 47.4 cm³/mol. The lowest BCUT2D eigenvalue weighted by Gasteiger charge is -1.94. The molecule has 0 unspecified atom stereocenters. The van der Waals surface area contributed by atoms with Gasteiger partial charge in [-0.1, -0.05) is 13.8 Å². The zero-order chi connectivity index (χ0) is 7.98. The van der Waals surface area contributed by atoms with Crippen molar-refractivity contribution in [2.45, 2.75) is 20.3 Å². The van der Waals surface area contributed by atoms with E-state index in [9.17, 15) is 4.79 Å². The van der Waals surface area contributed by atoms with Gasteiger partial charge >= 0.3 is 0 Å². The quantitative estimate of drug-likeness (QED) is 0.487. The molecule has 0 aliphatic carbocycles. The van der Waals surface area contributed by atoms with Crippen LogP contribution in [0.15, 0.2) is 11.0 Å². The van der Waals surface area contributed by atoms with E-state index in [2.05, 4.69) is 0 Å². The molecule has 0 aliphatic heterocycles. The number of thioether (sulfide) groups is 1. The topological polar surface area (TPSA) is 17.1 Å². The number of halogens is 1. The van der Waals surface area contributed by atoms with Crippen molar-refractivity contribution in [2.75, 3.05) is 5.75 Å². The number of rotatable bonds is 4. The van der Waals surface area contributed by atoms with E-state index < -0.39 is 0 Å². The Morgan fingerprint density at radius 3 is 2.50 bits per heavy atom. The lowest BCUT2D eigenvalue weighted by Crippen LogP contribution is -1.89. The Bertz CT molecular complexity index is 143. The summed E-state index contributed by atoms with van der Waals surface area (Å²) in [4.78, 5) is 10.6. The lowest BCUT2D eigenvalue weighted by molar-refractivity contribution is -0.108. The number of allylic oxidation sites excluding steroid dienone is 1. The van der Waals surface area contributed by atoms with Gasteiger partial charge in [-0.05, 0) is 29.2 Å². The average molecular weight is 179 g/mol. The van der Waals surface area contributed by atoms with E-state index >= 15 is 0 Å². The Kier molecular flexibility index (Phi) is 5.84. The minimum absolute atomic E-state index is 0.330. The fourth-order valence-electron chi connectivity index (χ4n) is 0.453. The molecule has 0 saturated heterocycles. The zero-order valence-electron chi connectivity index (χ0n) is 6.19. The van der Waals surface area contributed by atoms with E-state index in [-0.39, 0.29) is 5.24 Å². The molecule has 0 rings (SSSR count). The van der Waals surface area contributed by atoms with Crippen LogP contribution in [0.2, 0.25) is 0 Å². The first kappa shape index (κ1) is 10.0. The average Bonchev–Trinajstić information content (AvgIpc) is 1.89. The second-order valence-electron chi connectivity index (χ2n) is 1.73. The molecule has 0 aromatic heterocycles. The third kappa shape index (κ3) is 3.96. The largest absolute Gasteiger partial charge is 0.276 e. The summed E-state index contributed by atoms with van der Waals surface area (Å²) in [6.07, 6.45) is 0.718. The number of carbonyl (C=O) groups excluding carboxylic acids is 1. The maximum Gasteiger partial charge on any atom is 0.248 e. The SMILES string of the molecule is CCSC=C(CC)C(=O)Cl. The summed E-state index contributed by atoms with van der Waals surface area (Å²) in [6, 6.07) is 0. The summed E-state index contributed by atoms with van der Waals surface area (Å²) in [7, 11) is 0. The van der Waals surface area contributed by atoms with Gasteiger partial charge in [0.2, 0.25) is 5.24 Å². The second-order valence-corrected chi connectivity index (χ2v) is 3.22. The van der Waals surface area contributed by atoms with Crippen molar-refractivity contribution in [1.29, 1.82) is 0 Å². The lowest BCUT2D eigenvalue weighted by atomic mass is 10.3. The van der Waals surface area contributed by atoms with Gasteiger partial charge in [-0.25, -0.2) is 0 Å². The molecule has 58 valence electrons. The van der Waals surface area contributed by atoms with Crippen molar-refractivity contribution in [3.63, 3.8) is 0 Å². The van der Waals surface area contributed by atoms with Crippen molar-refractivity contribution in [3.05, 3.63) is 11.0 Å². The molecule has 0 spiro atoms. The van der Waals surface area contributed by atoms with Crippen molar-refractivity contribution in [3.8, 4) is 0 Å². The van der Waals surface area contributed by atoms with E-state index in [1.54, 1.807) is 11.8 Å². The van der Waals surface area contributed by atoms with Gasteiger partial charge in [0.25, 0.3) is 0 Å². The normalized spacial score (nSPS) is 11.7. The first-order chi connectivity index (χ1) is 4.72.